The van der Waals surface area contributed by atoms with Crippen LogP contribution in [-0.2, 0) is 11.3 Å². The SMILES string of the molecule is CCOc1ccc(OCC)c(NC(=O)Cn2c(C)c3cnn(-c4ccccc4)c(=O)c3c2C)c1. The largest absolute Gasteiger partial charge is 0.494 e. The second kappa shape index (κ2) is 9.82. The fourth-order valence-corrected chi connectivity index (χ4v) is 4.08. The summed E-state index contributed by atoms with van der Waals surface area (Å²) in [5, 5.41) is 8.57. The van der Waals surface area contributed by atoms with Gasteiger partial charge in [0, 0.05) is 22.8 Å². The minimum absolute atomic E-state index is 0.0432. The van der Waals surface area contributed by atoms with Gasteiger partial charge in [-0.2, -0.15) is 9.78 Å². The van der Waals surface area contributed by atoms with Gasteiger partial charge in [0.2, 0.25) is 5.91 Å². The smallest absolute Gasteiger partial charge is 0.281 e. The Balaban J connectivity index is 1.66. The number of amides is 1. The van der Waals surface area contributed by atoms with E-state index >= 15 is 0 Å². The fourth-order valence-electron chi connectivity index (χ4n) is 4.08. The molecule has 0 atom stereocenters. The van der Waals surface area contributed by atoms with Crippen LogP contribution in [0, 0.1) is 13.8 Å². The summed E-state index contributed by atoms with van der Waals surface area (Å²) in [7, 11) is 0. The van der Waals surface area contributed by atoms with Gasteiger partial charge in [0.1, 0.15) is 18.0 Å². The average Bonchev–Trinajstić information content (AvgIpc) is 3.07. The first-order valence-electron chi connectivity index (χ1n) is 11.3. The van der Waals surface area contributed by atoms with E-state index in [4.69, 9.17) is 9.47 Å². The maximum atomic E-state index is 13.3. The molecule has 0 aliphatic rings. The van der Waals surface area contributed by atoms with Gasteiger partial charge < -0.3 is 19.4 Å². The monoisotopic (exact) mass is 460 g/mol. The standard InChI is InChI=1S/C26H28N4O4/c1-5-33-20-12-13-23(34-6-2)22(14-20)28-24(31)16-29-17(3)21-15-27-30(19-10-8-7-9-11-19)26(32)25(21)18(29)4/h7-15H,5-6,16H2,1-4H3,(H,28,31). The number of anilines is 1. The molecule has 0 fully saturated rings. The van der Waals surface area contributed by atoms with E-state index in [1.165, 1.54) is 4.68 Å². The molecular weight excluding hydrogens is 432 g/mol. The second-order valence-electron chi connectivity index (χ2n) is 7.81. The number of nitrogens with zero attached hydrogens (tertiary/aromatic N) is 3. The van der Waals surface area contributed by atoms with Crippen molar-refractivity contribution in [1.82, 2.24) is 14.3 Å². The maximum Gasteiger partial charge on any atom is 0.281 e. The summed E-state index contributed by atoms with van der Waals surface area (Å²) in [6, 6.07) is 14.6. The molecule has 1 N–H and O–H groups in total. The Morgan fingerprint density at radius 2 is 1.74 bits per heavy atom. The van der Waals surface area contributed by atoms with E-state index in [-0.39, 0.29) is 18.0 Å². The third-order valence-corrected chi connectivity index (χ3v) is 5.68. The van der Waals surface area contributed by atoms with Crippen molar-refractivity contribution in [2.75, 3.05) is 18.5 Å². The lowest BCUT2D eigenvalue weighted by molar-refractivity contribution is -0.116. The Morgan fingerprint density at radius 3 is 2.44 bits per heavy atom. The predicted molar refractivity (Wildman–Crippen MR) is 132 cm³/mol. The lowest BCUT2D eigenvalue weighted by atomic mass is 10.2. The van der Waals surface area contributed by atoms with E-state index in [1.807, 2.05) is 68.7 Å². The molecule has 0 aliphatic carbocycles. The van der Waals surface area contributed by atoms with Crippen molar-refractivity contribution >= 4 is 22.4 Å². The molecule has 34 heavy (non-hydrogen) atoms. The normalized spacial score (nSPS) is 10.9. The number of benzene rings is 2. The summed E-state index contributed by atoms with van der Waals surface area (Å²) in [6.07, 6.45) is 1.68. The highest BCUT2D eigenvalue weighted by Gasteiger charge is 2.19. The summed E-state index contributed by atoms with van der Waals surface area (Å²) in [6.45, 7) is 8.55. The van der Waals surface area contributed by atoms with Crippen LogP contribution in [0.2, 0.25) is 0 Å². The van der Waals surface area contributed by atoms with Gasteiger partial charge in [-0.05, 0) is 52.0 Å². The molecule has 2 aromatic heterocycles. The van der Waals surface area contributed by atoms with Crippen LogP contribution in [0.15, 0.2) is 59.5 Å². The van der Waals surface area contributed by atoms with Crippen molar-refractivity contribution in [1.29, 1.82) is 0 Å². The number of hydrogen-bond acceptors (Lipinski definition) is 5. The van der Waals surface area contributed by atoms with Gasteiger partial charge in [0.15, 0.2) is 0 Å². The Kier molecular flexibility index (Phi) is 6.67. The van der Waals surface area contributed by atoms with E-state index in [9.17, 15) is 9.59 Å². The third-order valence-electron chi connectivity index (χ3n) is 5.68. The minimum atomic E-state index is -0.238. The molecule has 0 bridgehead atoms. The van der Waals surface area contributed by atoms with Gasteiger partial charge in [0.25, 0.3) is 5.56 Å². The molecule has 0 saturated carbocycles. The van der Waals surface area contributed by atoms with E-state index in [0.717, 1.165) is 11.1 Å². The number of nitrogens with one attached hydrogen (secondary N) is 1. The molecule has 0 aliphatic heterocycles. The lowest BCUT2D eigenvalue weighted by Gasteiger charge is -2.15. The number of carbonyl (C=O) groups excluding carboxylic acids is 1. The molecule has 4 rings (SSSR count). The third kappa shape index (κ3) is 4.39. The zero-order valence-corrected chi connectivity index (χ0v) is 19.8. The number of carbonyl (C=O) groups is 1. The number of rotatable bonds is 8. The first-order valence-corrected chi connectivity index (χ1v) is 11.3. The zero-order valence-electron chi connectivity index (χ0n) is 19.8. The summed E-state index contributed by atoms with van der Waals surface area (Å²) in [5.74, 6) is 0.977. The molecule has 4 aromatic rings. The van der Waals surface area contributed by atoms with Crippen molar-refractivity contribution in [3.63, 3.8) is 0 Å². The van der Waals surface area contributed by atoms with Crippen LogP contribution in [0.25, 0.3) is 16.5 Å². The summed E-state index contributed by atoms with van der Waals surface area (Å²) >= 11 is 0. The highest BCUT2D eigenvalue weighted by atomic mass is 16.5. The number of hydrogen-bond donors (Lipinski definition) is 1. The highest BCUT2D eigenvalue weighted by molar-refractivity contribution is 5.94. The number of aryl methyl sites for hydroxylation is 2. The van der Waals surface area contributed by atoms with Gasteiger partial charge in [-0.25, -0.2) is 0 Å². The van der Waals surface area contributed by atoms with Crippen LogP contribution in [-0.4, -0.2) is 33.5 Å². The van der Waals surface area contributed by atoms with Gasteiger partial charge in [-0.15, -0.1) is 0 Å². The molecule has 2 aromatic carbocycles. The first-order chi connectivity index (χ1) is 16.4. The van der Waals surface area contributed by atoms with E-state index < -0.39 is 0 Å². The summed E-state index contributed by atoms with van der Waals surface area (Å²) in [4.78, 5) is 26.3. The Labute approximate surface area is 197 Å². The molecule has 0 spiro atoms. The first kappa shape index (κ1) is 23.1. The molecule has 8 heteroatoms. The summed E-state index contributed by atoms with van der Waals surface area (Å²) < 4.78 is 14.4. The van der Waals surface area contributed by atoms with Gasteiger partial charge >= 0.3 is 0 Å². The lowest BCUT2D eigenvalue weighted by Crippen LogP contribution is -2.22. The maximum absolute atomic E-state index is 13.3. The van der Waals surface area contributed by atoms with Gasteiger partial charge in [-0.3, -0.25) is 9.59 Å². The number of aromatic nitrogens is 3. The molecule has 1 amide bonds. The fraction of sp³-hybridized carbons (Fsp3) is 0.269. The van der Waals surface area contributed by atoms with Crippen LogP contribution >= 0.6 is 0 Å². The molecule has 176 valence electrons. The molecular formula is C26H28N4O4. The van der Waals surface area contributed by atoms with Crippen LogP contribution in [0.1, 0.15) is 25.2 Å². The molecule has 0 unspecified atom stereocenters. The molecule has 0 radical (unpaired) electrons. The Morgan fingerprint density at radius 1 is 1.00 bits per heavy atom. The minimum Gasteiger partial charge on any atom is -0.494 e. The van der Waals surface area contributed by atoms with Crippen molar-refractivity contribution in [2.24, 2.45) is 0 Å². The van der Waals surface area contributed by atoms with Crippen molar-refractivity contribution in [3.8, 4) is 17.2 Å². The van der Waals surface area contributed by atoms with E-state index in [2.05, 4.69) is 10.4 Å². The van der Waals surface area contributed by atoms with Crippen LogP contribution in [0.3, 0.4) is 0 Å². The van der Waals surface area contributed by atoms with Gasteiger partial charge in [-0.1, -0.05) is 18.2 Å². The highest BCUT2D eigenvalue weighted by Crippen LogP contribution is 2.30. The number of para-hydroxylation sites is 1. The molecule has 8 nitrogen and oxygen atoms in total. The zero-order chi connectivity index (χ0) is 24.2. The number of ether oxygens (including phenoxy) is 2. The van der Waals surface area contributed by atoms with Crippen LogP contribution in [0.5, 0.6) is 11.5 Å². The van der Waals surface area contributed by atoms with Crippen molar-refractivity contribution < 1.29 is 14.3 Å². The quantitative estimate of drug-likeness (QED) is 0.425. The average molecular weight is 461 g/mol. The van der Waals surface area contributed by atoms with Gasteiger partial charge in [0.05, 0.1) is 36.2 Å². The second-order valence-corrected chi connectivity index (χ2v) is 7.81. The van der Waals surface area contributed by atoms with Crippen LogP contribution < -0.4 is 20.3 Å². The van der Waals surface area contributed by atoms with E-state index in [1.54, 1.807) is 18.3 Å². The van der Waals surface area contributed by atoms with E-state index in [0.29, 0.717) is 47.2 Å². The topological polar surface area (TPSA) is 87.4 Å². The Hall–Kier alpha value is -4.07. The predicted octanol–water partition coefficient (Wildman–Crippen LogP) is 4.24. The molecule has 2 heterocycles. The number of fused-ring (bicyclic) bond motifs is 1. The Bertz CT molecular complexity index is 1390. The van der Waals surface area contributed by atoms with Crippen molar-refractivity contribution in [2.45, 2.75) is 34.2 Å². The van der Waals surface area contributed by atoms with Crippen LogP contribution in [0.4, 0.5) is 5.69 Å². The summed E-state index contributed by atoms with van der Waals surface area (Å²) in [5.41, 5.74) is 2.53. The molecule has 0 saturated heterocycles. The van der Waals surface area contributed by atoms with Crippen molar-refractivity contribution in [3.05, 3.63) is 76.5 Å².